The SMILES string of the molecule is Cc1ncsc1-c1ccc([C@H](C)NC(=O)[C@@H]2C[C@@H](O)CN2C(=O)[C@@H](c2cc(OC/C=C/c3ccc(O[C@H]4C[C@H](Oc5cc(N6C7CCC6CN(c6cc(-c8ccccc8O)nnc6N)C7)ccn5)C4)cn3)no2)C(C)C)cn1. The number of β-amino-alcohol motifs (C(OH)–C–C–N with tert-alkyl or cyclic N) is 1. The number of rotatable bonds is 18. The van der Waals surface area contributed by atoms with Crippen LogP contribution in [-0.4, -0.2) is 125 Å². The van der Waals surface area contributed by atoms with Crippen LogP contribution < -0.4 is 35.1 Å². The molecule has 3 aliphatic heterocycles. The number of nitrogens with zero attached hydrogens (tertiary/aromatic N) is 10. The van der Waals surface area contributed by atoms with Crippen LogP contribution in [0, 0.1) is 12.8 Å². The minimum absolute atomic E-state index is 0.0121. The van der Waals surface area contributed by atoms with Gasteiger partial charge in [-0.25, -0.2) is 9.97 Å². The number of pyridine rings is 3. The Morgan fingerprint density at radius 2 is 1.69 bits per heavy atom. The minimum atomic E-state index is -0.871. The lowest BCUT2D eigenvalue weighted by molar-refractivity contribution is -0.141. The Balaban J connectivity index is 0.623. The van der Waals surface area contributed by atoms with Crippen LogP contribution in [0.1, 0.15) is 87.5 Å². The van der Waals surface area contributed by atoms with Crippen molar-refractivity contribution in [1.29, 1.82) is 0 Å². The van der Waals surface area contributed by atoms with Crippen molar-refractivity contribution < 1.29 is 38.5 Å². The van der Waals surface area contributed by atoms with Crippen LogP contribution in [0.25, 0.3) is 27.9 Å². The first kappa shape index (κ1) is 51.9. The fourth-order valence-corrected chi connectivity index (χ4v) is 11.8. The van der Waals surface area contributed by atoms with Gasteiger partial charge in [-0.2, -0.15) is 0 Å². The number of aromatic nitrogens is 7. The number of amides is 2. The molecule has 1 aliphatic carbocycles. The summed E-state index contributed by atoms with van der Waals surface area (Å²) in [5.41, 5.74) is 14.5. The molecule has 1 aromatic carbocycles. The second kappa shape index (κ2) is 22.4. The van der Waals surface area contributed by atoms with E-state index in [-0.39, 0.29) is 73.2 Å². The number of likely N-dealkylation sites (tertiary alicyclic amines) is 1. The third kappa shape index (κ3) is 11.2. The molecule has 5 N–H and O–H groups in total. The van der Waals surface area contributed by atoms with Crippen molar-refractivity contribution in [3.63, 3.8) is 0 Å². The number of aliphatic hydroxyl groups is 1. The number of aryl methyl sites for hydroxylation is 1. The molecular formula is C57H62N12O8S. The summed E-state index contributed by atoms with van der Waals surface area (Å²) in [6.45, 7) is 9.32. The van der Waals surface area contributed by atoms with Crippen molar-refractivity contribution >= 4 is 46.4 Å². The highest BCUT2D eigenvalue weighted by Crippen LogP contribution is 2.41. The molecule has 0 radical (unpaired) electrons. The van der Waals surface area contributed by atoms with Crippen LogP contribution in [0.15, 0.2) is 107 Å². The van der Waals surface area contributed by atoms with E-state index in [1.54, 1.807) is 42.2 Å². The largest absolute Gasteiger partial charge is 0.507 e. The number of para-hydroxylation sites is 1. The number of thiazole rings is 1. The molecule has 7 aromatic rings. The Morgan fingerprint density at radius 3 is 2.42 bits per heavy atom. The monoisotopic (exact) mass is 1070 g/mol. The van der Waals surface area contributed by atoms with Gasteiger partial charge in [0, 0.05) is 86.8 Å². The molecule has 78 heavy (non-hydrogen) atoms. The molecule has 4 fully saturated rings. The molecule has 4 aliphatic rings. The molecule has 2 unspecified atom stereocenters. The first-order chi connectivity index (χ1) is 37.8. The lowest BCUT2D eigenvalue weighted by Crippen LogP contribution is -2.54. The smallest absolute Gasteiger partial charge is 0.254 e. The molecule has 6 atom stereocenters. The zero-order valence-corrected chi connectivity index (χ0v) is 44.6. The maximum absolute atomic E-state index is 14.2. The number of aliphatic hydroxyl groups excluding tert-OH is 1. The maximum atomic E-state index is 14.2. The van der Waals surface area contributed by atoms with Crippen molar-refractivity contribution in [2.45, 2.75) is 108 Å². The molecule has 11 rings (SSSR count). The van der Waals surface area contributed by atoms with Gasteiger partial charge in [0.15, 0.2) is 11.6 Å². The molecule has 1 saturated carbocycles. The number of anilines is 3. The van der Waals surface area contributed by atoms with E-state index in [0.29, 0.717) is 40.2 Å². The van der Waals surface area contributed by atoms with Gasteiger partial charge >= 0.3 is 0 Å². The standard InChI is InChI=1S/C57H62N12O8S/c1-32(2)53(57(73)68-30-40(70)21-48(68)56(72)63-33(3)35-11-16-45(61-26-35)54-34(4)62-31-78-54)50-25-52(66-77-50)74-19-7-8-36-12-15-41(27-60-36)75-42-22-43(23-42)76-51-20-37(17-18-59-51)69-38-13-14-39(69)29-67(28-38)47-24-46(64-65-55(47)58)44-9-5-6-10-49(44)71/h5-12,15-18,20,24-27,31-33,38-40,42-43,48,53,70-71H,13-14,19,21-23,28-30H2,1-4H3,(H2,58,65)(H,63,72)/b8-7+/t33-,38?,39?,40+,42-,43-,48-,53+/m0/s1. The molecule has 9 heterocycles. The Kier molecular flexibility index (Phi) is 14.9. The van der Waals surface area contributed by atoms with Gasteiger partial charge in [0.25, 0.3) is 5.88 Å². The highest BCUT2D eigenvalue weighted by atomic mass is 32.1. The Hall–Kier alpha value is -8.17. The average molecular weight is 1080 g/mol. The normalized spacial score (nSPS) is 21.6. The van der Waals surface area contributed by atoms with Crippen LogP contribution in [0.4, 0.5) is 17.2 Å². The van der Waals surface area contributed by atoms with Gasteiger partial charge in [0.2, 0.25) is 17.7 Å². The molecule has 2 amide bonds. The summed E-state index contributed by atoms with van der Waals surface area (Å²) in [5.74, 6) is 0.606. The highest BCUT2D eigenvalue weighted by molar-refractivity contribution is 7.13. The van der Waals surface area contributed by atoms with Gasteiger partial charge in [-0.1, -0.05) is 32.0 Å². The van der Waals surface area contributed by atoms with E-state index in [1.807, 2.05) is 88.5 Å². The molecule has 0 spiro atoms. The zero-order chi connectivity index (χ0) is 54.0. The second-order valence-electron chi connectivity index (χ2n) is 20.8. The summed E-state index contributed by atoms with van der Waals surface area (Å²) in [6, 6.07) is 21.6. The molecule has 20 nitrogen and oxygen atoms in total. The maximum Gasteiger partial charge on any atom is 0.254 e. The van der Waals surface area contributed by atoms with E-state index in [1.165, 1.54) is 16.2 Å². The number of fused-ring (bicyclic) bond motifs is 2. The van der Waals surface area contributed by atoms with Crippen molar-refractivity contribution in [2.24, 2.45) is 5.92 Å². The number of phenolic OH excluding ortho intramolecular Hbond substituents is 1. The number of benzene rings is 1. The number of aromatic hydroxyl groups is 1. The summed E-state index contributed by atoms with van der Waals surface area (Å²) in [6.07, 6.45) is 11.6. The highest BCUT2D eigenvalue weighted by Gasteiger charge is 2.44. The van der Waals surface area contributed by atoms with Crippen LogP contribution in [0.3, 0.4) is 0 Å². The third-order valence-electron chi connectivity index (χ3n) is 15.1. The number of carbonyl (C=O) groups is 2. The number of nitrogens with one attached hydrogen (secondary N) is 1. The van der Waals surface area contributed by atoms with E-state index in [0.717, 1.165) is 72.0 Å². The second-order valence-corrected chi connectivity index (χ2v) is 21.7. The van der Waals surface area contributed by atoms with E-state index in [2.05, 4.69) is 56.5 Å². The number of carbonyl (C=O) groups excluding carboxylic acids is 2. The van der Waals surface area contributed by atoms with E-state index in [4.69, 9.17) is 24.5 Å². The predicted molar refractivity (Wildman–Crippen MR) is 293 cm³/mol. The molecule has 6 aromatic heterocycles. The first-order valence-corrected chi connectivity index (χ1v) is 27.3. The first-order valence-electron chi connectivity index (χ1n) is 26.4. The number of nitrogen functional groups attached to an aromatic ring is 1. The number of ether oxygens (including phenoxy) is 3. The summed E-state index contributed by atoms with van der Waals surface area (Å²) >= 11 is 1.52. The molecule has 3 saturated heterocycles. The van der Waals surface area contributed by atoms with E-state index < -0.39 is 24.1 Å². The lowest BCUT2D eigenvalue weighted by Gasteiger charge is -2.43. The van der Waals surface area contributed by atoms with Crippen molar-refractivity contribution in [1.82, 2.24) is 45.5 Å². The van der Waals surface area contributed by atoms with Gasteiger partial charge in [0.1, 0.15) is 42.3 Å². The third-order valence-corrected chi connectivity index (χ3v) is 16.0. The van der Waals surface area contributed by atoms with Crippen LogP contribution in [0.2, 0.25) is 0 Å². The van der Waals surface area contributed by atoms with Gasteiger partial charge in [-0.05, 0) is 97.9 Å². The van der Waals surface area contributed by atoms with Gasteiger partial charge in [-0.15, -0.1) is 21.5 Å². The topological polar surface area (TPSA) is 253 Å². The summed E-state index contributed by atoms with van der Waals surface area (Å²) < 4.78 is 24.1. The Bertz CT molecular complexity index is 3260. The van der Waals surface area contributed by atoms with Crippen molar-refractivity contribution in [2.75, 3.05) is 41.8 Å². The number of hydrogen-bond donors (Lipinski definition) is 4. The summed E-state index contributed by atoms with van der Waals surface area (Å²) in [4.78, 5) is 53.1. The Morgan fingerprint density at radius 1 is 0.885 bits per heavy atom. The lowest BCUT2D eigenvalue weighted by atomic mass is 9.91. The Labute approximate surface area is 455 Å². The molecular weight excluding hydrogens is 1010 g/mol. The van der Waals surface area contributed by atoms with Gasteiger partial charge in [-0.3, -0.25) is 19.6 Å². The number of piperazine rings is 1. The van der Waals surface area contributed by atoms with Gasteiger partial charge in [0.05, 0.1) is 57.2 Å². The van der Waals surface area contributed by atoms with E-state index >= 15 is 0 Å². The van der Waals surface area contributed by atoms with Gasteiger partial charge < -0.3 is 54.7 Å². The predicted octanol–water partition coefficient (Wildman–Crippen LogP) is 7.55. The number of phenols is 1. The fourth-order valence-electron chi connectivity index (χ4n) is 11.0. The quantitative estimate of drug-likeness (QED) is 0.0647. The van der Waals surface area contributed by atoms with Crippen LogP contribution >= 0.6 is 11.3 Å². The number of nitrogens with two attached hydrogens (primary N) is 1. The number of hydrogen-bond acceptors (Lipinski definition) is 19. The molecule has 404 valence electrons. The van der Waals surface area contributed by atoms with Crippen LogP contribution in [0.5, 0.6) is 23.3 Å². The van der Waals surface area contributed by atoms with Crippen LogP contribution in [-0.2, 0) is 9.59 Å². The fraction of sp³-hybridized carbons (Fsp3) is 0.386. The zero-order valence-electron chi connectivity index (χ0n) is 43.8. The van der Waals surface area contributed by atoms with Crippen molar-refractivity contribution in [3.8, 4) is 45.1 Å². The summed E-state index contributed by atoms with van der Waals surface area (Å²) in [7, 11) is 0. The summed E-state index contributed by atoms with van der Waals surface area (Å²) in [5, 5.41) is 36.8. The minimum Gasteiger partial charge on any atom is -0.507 e. The molecule has 21 heteroatoms. The molecule has 2 bridgehead atoms. The van der Waals surface area contributed by atoms with E-state index in [9.17, 15) is 19.8 Å². The average Bonchev–Trinajstić information content (AvgIpc) is 4.28. The van der Waals surface area contributed by atoms with Crippen molar-refractivity contribution in [3.05, 3.63) is 126 Å².